The molecule has 0 radical (unpaired) electrons. The predicted molar refractivity (Wildman–Crippen MR) is 115 cm³/mol. The normalized spacial score (nSPS) is 12.8. The molecule has 0 bridgehead atoms. The molecule has 3 aromatic rings. The number of pyridine rings is 1. The molecule has 7 nitrogen and oxygen atoms in total. The number of rotatable bonds is 5. The van der Waals surface area contributed by atoms with Crippen molar-refractivity contribution in [2.75, 3.05) is 0 Å². The van der Waals surface area contributed by atoms with Crippen LogP contribution in [0.2, 0.25) is 0 Å². The lowest BCUT2D eigenvalue weighted by Crippen LogP contribution is -2.42. The van der Waals surface area contributed by atoms with E-state index in [1.165, 1.54) is 27.1 Å². The Kier molecular flexibility index (Phi) is 5.67. The SMILES string of the molecule is Cc1c2n(c(=O)n(Cc3ccccc3)c1=O)C=C(C(=O)OCc1ccncc1)SC2. The molecule has 30 heavy (non-hydrogen) atoms. The molecule has 0 saturated heterocycles. The van der Waals surface area contributed by atoms with Gasteiger partial charge >= 0.3 is 11.7 Å². The first kappa shape index (κ1) is 19.9. The van der Waals surface area contributed by atoms with Gasteiger partial charge in [0.15, 0.2) is 0 Å². The standard InChI is InChI=1S/C22H19N3O4S/c1-15-18-14-30-19(21(27)29-13-17-7-9-23-10-8-17)12-24(18)22(28)25(20(15)26)11-16-5-3-2-4-6-16/h2-10,12H,11,13-14H2,1H3. The molecule has 0 fully saturated rings. The molecular weight excluding hydrogens is 402 g/mol. The second-order valence-corrected chi connectivity index (χ2v) is 7.83. The van der Waals surface area contributed by atoms with Crippen molar-refractivity contribution in [3.63, 3.8) is 0 Å². The van der Waals surface area contributed by atoms with Crippen LogP contribution in [0.1, 0.15) is 22.4 Å². The first-order valence-corrected chi connectivity index (χ1v) is 10.3. The number of nitrogens with zero attached hydrogens (tertiary/aromatic N) is 3. The van der Waals surface area contributed by atoms with E-state index in [1.807, 2.05) is 30.3 Å². The van der Waals surface area contributed by atoms with Crippen LogP contribution in [0.15, 0.2) is 69.4 Å². The number of carbonyl (C=O) groups is 1. The predicted octanol–water partition coefficient (Wildman–Crippen LogP) is 2.55. The Morgan fingerprint density at radius 2 is 1.83 bits per heavy atom. The van der Waals surface area contributed by atoms with Crippen molar-refractivity contribution in [1.29, 1.82) is 0 Å². The van der Waals surface area contributed by atoms with Crippen molar-refractivity contribution in [2.24, 2.45) is 0 Å². The van der Waals surface area contributed by atoms with Gasteiger partial charge in [0.25, 0.3) is 5.56 Å². The fourth-order valence-electron chi connectivity index (χ4n) is 3.17. The maximum absolute atomic E-state index is 13.1. The average molecular weight is 421 g/mol. The number of ether oxygens (including phenoxy) is 1. The molecule has 0 amide bonds. The fraction of sp³-hybridized carbons (Fsp3) is 0.182. The molecule has 2 aromatic heterocycles. The number of thioether (sulfide) groups is 1. The van der Waals surface area contributed by atoms with Gasteiger partial charge in [-0.15, -0.1) is 11.8 Å². The van der Waals surface area contributed by atoms with Crippen LogP contribution < -0.4 is 11.2 Å². The van der Waals surface area contributed by atoms with E-state index in [4.69, 9.17) is 4.74 Å². The third-order valence-corrected chi connectivity index (χ3v) is 5.84. The smallest absolute Gasteiger partial charge is 0.346 e. The van der Waals surface area contributed by atoms with E-state index in [9.17, 15) is 14.4 Å². The van der Waals surface area contributed by atoms with Crippen molar-refractivity contribution in [3.8, 4) is 0 Å². The lowest BCUT2D eigenvalue weighted by molar-refractivity contribution is -0.139. The minimum atomic E-state index is -0.507. The van der Waals surface area contributed by atoms with Gasteiger partial charge in [-0.2, -0.15) is 0 Å². The number of hydrogen-bond acceptors (Lipinski definition) is 6. The summed E-state index contributed by atoms with van der Waals surface area (Å²) in [5.74, 6) is -0.161. The van der Waals surface area contributed by atoms with E-state index in [0.29, 0.717) is 21.9 Å². The quantitative estimate of drug-likeness (QED) is 0.589. The molecule has 0 atom stereocenters. The average Bonchev–Trinajstić information content (AvgIpc) is 2.80. The third-order valence-electron chi connectivity index (χ3n) is 4.84. The highest BCUT2D eigenvalue weighted by atomic mass is 32.2. The van der Waals surface area contributed by atoms with Crippen LogP contribution in [0.5, 0.6) is 0 Å². The summed E-state index contributed by atoms with van der Waals surface area (Å²) in [6.45, 7) is 1.99. The zero-order valence-electron chi connectivity index (χ0n) is 16.3. The lowest BCUT2D eigenvalue weighted by atomic mass is 10.2. The minimum absolute atomic E-state index is 0.119. The molecule has 0 spiro atoms. The van der Waals surface area contributed by atoms with Gasteiger partial charge in [0.1, 0.15) is 11.5 Å². The highest BCUT2D eigenvalue weighted by Crippen LogP contribution is 2.28. The summed E-state index contributed by atoms with van der Waals surface area (Å²) in [6, 6.07) is 12.8. The van der Waals surface area contributed by atoms with Crippen LogP contribution in [-0.2, 0) is 28.4 Å². The number of fused-ring (bicyclic) bond motifs is 1. The number of esters is 1. The molecule has 3 heterocycles. The monoisotopic (exact) mass is 421 g/mol. The van der Waals surface area contributed by atoms with Gasteiger partial charge in [-0.3, -0.25) is 18.9 Å². The summed E-state index contributed by atoms with van der Waals surface area (Å²) in [5.41, 5.74) is 1.99. The van der Waals surface area contributed by atoms with Crippen LogP contribution in [0.25, 0.3) is 6.20 Å². The maximum atomic E-state index is 13.1. The van der Waals surface area contributed by atoms with E-state index in [2.05, 4.69) is 4.98 Å². The Balaban J connectivity index is 1.64. The third kappa shape index (κ3) is 3.99. The van der Waals surface area contributed by atoms with Gasteiger partial charge in [0.05, 0.1) is 6.54 Å². The lowest BCUT2D eigenvalue weighted by Gasteiger charge is -2.20. The van der Waals surface area contributed by atoms with Gasteiger partial charge in [-0.25, -0.2) is 9.59 Å². The number of carbonyl (C=O) groups excluding carboxylic acids is 1. The fourth-order valence-corrected chi connectivity index (χ4v) is 4.17. The summed E-state index contributed by atoms with van der Waals surface area (Å²) < 4.78 is 7.95. The Bertz CT molecular complexity index is 1230. The van der Waals surface area contributed by atoms with Gasteiger partial charge in [0, 0.05) is 35.6 Å². The van der Waals surface area contributed by atoms with Crippen LogP contribution in [-0.4, -0.2) is 20.1 Å². The molecule has 0 saturated carbocycles. The van der Waals surface area contributed by atoms with Gasteiger partial charge in [0.2, 0.25) is 0 Å². The van der Waals surface area contributed by atoms with Gasteiger partial charge in [-0.1, -0.05) is 30.3 Å². The summed E-state index contributed by atoms with van der Waals surface area (Å²) in [7, 11) is 0. The van der Waals surface area contributed by atoms with Crippen molar-refractivity contribution < 1.29 is 9.53 Å². The summed E-state index contributed by atoms with van der Waals surface area (Å²) in [4.78, 5) is 42.6. The topological polar surface area (TPSA) is 83.2 Å². The molecule has 1 aliphatic heterocycles. The van der Waals surface area contributed by atoms with Crippen molar-refractivity contribution in [3.05, 3.63) is 103 Å². The molecule has 0 N–H and O–H groups in total. The molecule has 152 valence electrons. The first-order chi connectivity index (χ1) is 14.5. The Morgan fingerprint density at radius 1 is 1.10 bits per heavy atom. The zero-order chi connectivity index (χ0) is 21.1. The summed E-state index contributed by atoms with van der Waals surface area (Å²) >= 11 is 1.26. The van der Waals surface area contributed by atoms with Gasteiger partial charge < -0.3 is 4.74 Å². The molecule has 1 aliphatic rings. The van der Waals surface area contributed by atoms with Crippen molar-refractivity contribution in [1.82, 2.24) is 14.1 Å². The number of aromatic nitrogens is 3. The summed E-state index contributed by atoms with van der Waals surface area (Å²) in [5, 5.41) is 0. The van der Waals surface area contributed by atoms with Gasteiger partial charge in [-0.05, 0) is 30.2 Å². The minimum Gasteiger partial charge on any atom is -0.457 e. The first-order valence-electron chi connectivity index (χ1n) is 9.34. The van der Waals surface area contributed by atoms with Crippen LogP contribution in [0.4, 0.5) is 0 Å². The number of hydrogen-bond donors (Lipinski definition) is 0. The molecule has 8 heteroatoms. The van der Waals surface area contributed by atoms with Crippen LogP contribution in [0, 0.1) is 6.92 Å². The van der Waals surface area contributed by atoms with E-state index in [1.54, 1.807) is 31.5 Å². The second-order valence-electron chi connectivity index (χ2n) is 6.81. The highest BCUT2D eigenvalue weighted by Gasteiger charge is 2.23. The maximum Gasteiger partial charge on any atom is 0.346 e. The second kappa shape index (κ2) is 8.54. The Hall–Kier alpha value is -3.39. The Morgan fingerprint density at radius 3 is 2.57 bits per heavy atom. The van der Waals surface area contributed by atoms with E-state index < -0.39 is 11.7 Å². The Labute approximate surface area is 176 Å². The summed E-state index contributed by atoms with van der Waals surface area (Å²) in [6.07, 6.45) is 4.72. The highest BCUT2D eigenvalue weighted by molar-refractivity contribution is 8.03. The molecule has 1 aromatic carbocycles. The van der Waals surface area contributed by atoms with E-state index >= 15 is 0 Å². The zero-order valence-corrected chi connectivity index (χ0v) is 17.1. The number of benzene rings is 1. The van der Waals surface area contributed by atoms with Crippen LogP contribution in [0.3, 0.4) is 0 Å². The molecule has 0 aliphatic carbocycles. The molecule has 0 unspecified atom stereocenters. The van der Waals surface area contributed by atoms with E-state index in [0.717, 1.165) is 11.1 Å². The van der Waals surface area contributed by atoms with E-state index in [-0.39, 0.29) is 18.7 Å². The van der Waals surface area contributed by atoms with Crippen molar-refractivity contribution in [2.45, 2.75) is 25.8 Å². The van der Waals surface area contributed by atoms with Crippen molar-refractivity contribution >= 4 is 23.9 Å². The largest absolute Gasteiger partial charge is 0.457 e. The molecule has 4 rings (SSSR count). The van der Waals surface area contributed by atoms with Crippen LogP contribution >= 0.6 is 11.8 Å². The molecular formula is C22H19N3O4S.